The highest BCUT2D eigenvalue weighted by molar-refractivity contribution is 6.01. The van der Waals surface area contributed by atoms with E-state index in [4.69, 9.17) is 4.74 Å². The van der Waals surface area contributed by atoms with Crippen molar-refractivity contribution in [1.29, 1.82) is 0 Å². The number of ketones is 1. The number of ether oxygens (including phenoxy) is 1. The number of rotatable bonds is 2. The third kappa shape index (κ3) is 1.80. The van der Waals surface area contributed by atoms with Gasteiger partial charge in [-0.15, -0.1) is 0 Å². The topological polar surface area (TPSA) is 39.2 Å². The van der Waals surface area contributed by atoms with Gasteiger partial charge in [-0.05, 0) is 18.6 Å². The lowest BCUT2D eigenvalue weighted by Gasteiger charge is -2.08. The fourth-order valence-corrected chi connectivity index (χ4v) is 2.07. The van der Waals surface area contributed by atoms with Gasteiger partial charge in [0.05, 0.1) is 0 Å². The van der Waals surface area contributed by atoms with Crippen molar-refractivity contribution < 1.29 is 9.53 Å². The minimum absolute atomic E-state index is 0.200. The zero-order valence-corrected chi connectivity index (χ0v) is 9.22. The minimum Gasteiger partial charge on any atom is -0.439 e. The molecule has 1 aromatic carbocycles. The van der Waals surface area contributed by atoms with Crippen LogP contribution >= 0.6 is 0 Å². The fourth-order valence-electron chi connectivity index (χ4n) is 2.07. The summed E-state index contributed by atoms with van der Waals surface area (Å²) in [7, 11) is 0. The van der Waals surface area contributed by atoms with Crippen molar-refractivity contribution in [3.63, 3.8) is 0 Å². The van der Waals surface area contributed by atoms with Gasteiger partial charge in [0.25, 0.3) is 0 Å². The molecule has 17 heavy (non-hydrogen) atoms. The predicted octanol–water partition coefficient (Wildman–Crippen LogP) is 3.00. The number of nitrogens with zero attached hydrogens (tertiary/aromatic N) is 1. The number of benzene rings is 1. The van der Waals surface area contributed by atoms with E-state index in [2.05, 4.69) is 4.98 Å². The Bertz CT molecular complexity index is 564. The molecule has 1 aliphatic rings. The van der Waals surface area contributed by atoms with Crippen LogP contribution in [0.15, 0.2) is 42.6 Å². The lowest BCUT2D eigenvalue weighted by molar-refractivity contribution is 0.0994. The summed E-state index contributed by atoms with van der Waals surface area (Å²) in [6.07, 6.45) is 3.03. The van der Waals surface area contributed by atoms with E-state index < -0.39 is 0 Å². The molecule has 0 N–H and O–H groups in total. The number of pyridine rings is 1. The van der Waals surface area contributed by atoms with Crippen LogP contribution in [-0.4, -0.2) is 10.8 Å². The zero-order valence-electron chi connectivity index (χ0n) is 9.22. The number of hydrogen-bond acceptors (Lipinski definition) is 3. The Morgan fingerprint density at radius 1 is 1.06 bits per heavy atom. The van der Waals surface area contributed by atoms with Gasteiger partial charge in [-0.2, -0.15) is 0 Å². The Hall–Kier alpha value is -2.16. The number of carbonyl (C=O) groups is 1. The number of aromatic nitrogens is 1. The molecule has 3 rings (SSSR count). The summed E-state index contributed by atoms with van der Waals surface area (Å²) in [5.74, 6) is 1.50. The molecule has 1 heterocycles. The van der Waals surface area contributed by atoms with Gasteiger partial charge < -0.3 is 4.74 Å². The second kappa shape index (κ2) is 4.01. The first-order chi connectivity index (χ1) is 8.34. The van der Waals surface area contributed by atoms with E-state index in [-0.39, 0.29) is 5.78 Å². The molecule has 0 atom stereocenters. The molecule has 0 saturated heterocycles. The van der Waals surface area contributed by atoms with Crippen LogP contribution in [0.4, 0.5) is 0 Å². The van der Waals surface area contributed by atoms with E-state index in [0.717, 1.165) is 23.3 Å². The van der Waals surface area contributed by atoms with Crippen LogP contribution in [0.2, 0.25) is 0 Å². The second-order valence-corrected chi connectivity index (χ2v) is 3.98. The smallest absolute Gasteiger partial charge is 0.219 e. The third-order valence-corrected chi connectivity index (χ3v) is 2.89. The van der Waals surface area contributed by atoms with E-state index in [1.165, 1.54) is 0 Å². The molecule has 0 radical (unpaired) electrons. The van der Waals surface area contributed by atoms with Crippen LogP contribution in [0.25, 0.3) is 0 Å². The Labute approximate surface area is 99.1 Å². The van der Waals surface area contributed by atoms with Crippen molar-refractivity contribution in [2.24, 2.45) is 0 Å². The first-order valence-electron chi connectivity index (χ1n) is 5.58. The average Bonchev–Trinajstić information content (AvgIpc) is 2.74. The summed E-state index contributed by atoms with van der Waals surface area (Å²) in [6.45, 7) is 0. The van der Waals surface area contributed by atoms with Crippen molar-refractivity contribution in [3.8, 4) is 11.6 Å². The van der Waals surface area contributed by atoms with E-state index in [0.29, 0.717) is 12.3 Å². The van der Waals surface area contributed by atoms with Crippen LogP contribution in [0.3, 0.4) is 0 Å². The first kappa shape index (κ1) is 10.0. The lowest BCUT2D eigenvalue weighted by atomic mass is 10.1. The summed E-state index contributed by atoms with van der Waals surface area (Å²) in [6, 6.07) is 11.1. The van der Waals surface area contributed by atoms with E-state index in [1.54, 1.807) is 12.3 Å². The SMILES string of the molecule is O=C1CCc2c(Oc3ccccn3)cccc21. The minimum atomic E-state index is 0.200. The number of hydrogen-bond donors (Lipinski definition) is 0. The van der Waals surface area contributed by atoms with Gasteiger partial charge in [0, 0.05) is 29.8 Å². The van der Waals surface area contributed by atoms with Gasteiger partial charge in [-0.25, -0.2) is 4.98 Å². The molecule has 0 bridgehead atoms. The lowest BCUT2D eigenvalue weighted by Crippen LogP contribution is -1.94. The monoisotopic (exact) mass is 225 g/mol. The molecule has 2 aromatic rings. The normalized spacial score (nSPS) is 13.5. The number of Topliss-reactive ketones (excluding diaryl/α,β-unsaturated/α-hetero) is 1. The van der Waals surface area contributed by atoms with Gasteiger partial charge in [-0.3, -0.25) is 4.79 Å². The van der Waals surface area contributed by atoms with Crippen molar-refractivity contribution >= 4 is 5.78 Å². The maximum absolute atomic E-state index is 11.6. The Morgan fingerprint density at radius 3 is 2.82 bits per heavy atom. The van der Waals surface area contributed by atoms with Gasteiger partial charge >= 0.3 is 0 Å². The maximum Gasteiger partial charge on any atom is 0.219 e. The fraction of sp³-hybridized carbons (Fsp3) is 0.143. The van der Waals surface area contributed by atoms with Gasteiger partial charge in [0.1, 0.15) is 5.75 Å². The summed E-state index contributed by atoms with van der Waals surface area (Å²) in [5.41, 5.74) is 1.79. The second-order valence-electron chi connectivity index (χ2n) is 3.98. The highest BCUT2D eigenvalue weighted by atomic mass is 16.5. The molecular weight excluding hydrogens is 214 g/mol. The van der Waals surface area contributed by atoms with Crippen LogP contribution in [0.5, 0.6) is 11.6 Å². The summed E-state index contributed by atoms with van der Waals surface area (Å²) >= 11 is 0. The van der Waals surface area contributed by atoms with Crippen LogP contribution in [-0.2, 0) is 6.42 Å². The highest BCUT2D eigenvalue weighted by Crippen LogP contribution is 2.32. The van der Waals surface area contributed by atoms with E-state index in [9.17, 15) is 4.79 Å². The average molecular weight is 225 g/mol. The van der Waals surface area contributed by atoms with Gasteiger partial charge in [-0.1, -0.05) is 18.2 Å². The Balaban J connectivity index is 1.98. The first-order valence-corrected chi connectivity index (χ1v) is 5.58. The van der Waals surface area contributed by atoms with Crippen LogP contribution < -0.4 is 4.74 Å². The summed E-state index contributed by atoms with van der Waals surface area (Å²) in [5, 5.41) is 0. The van der Waals surface area contributed by atoms with E-state index in [1.807, 2.05) is 30.3 Å². The summed E-state index contributed by atoms with van der Waals surface area (Å²) in [4.78, 5) is 15.7. The maximum atomic E-state index is 11.6. The zero-order chi connectivity index (χ0) is 11.7. The van der Waals surface area contributed by atoms with Crippen LogP contribution in [0, 0.1) is 0 Å². The molecule has 0 amide bonds. The largest absolute Gasteiger partial charge is 0.439 e. The summed E-state index contributed by atoms with van der Waals surface area (Å²) < 4.78 is 5.71. The highest BCUT2D eigenvalue weighted by Gasteiger charge is 2.22. The number of fused-ring (bicyclic) bond motifs is 1. The number of carbonyl (C=O) groups excluding carboxylic acids is 1. The Morgan fingerprint density at radius 2 is 2.00 bits per heavy atom. The molecular formula is C14H11NO2. The van der Waals surface area contributed by atoms with Gasteiger partial charge in [0.2, 0.25) is 5.88 Å². The molecule has 0 saturated carbocycles. The molecule has 0 fully saturated rings. The third-order valence-electron chi connectivity index (χ3n) is 2.89. The molecule has 0 spiro atoms. The molecule has 3 heteroatoms. The van der Waals surface area contributed by atoms with Crippen molar-refractivity contribution in [2.45, 2.75) is 12.8 Å². The van der Waals surface area contributed by atoms with Crippen molar-refractivity contribution in [2.75, 3.05) is 0 Å². The molecule has 0 aliphatic heterocycles. The van der Waals surface area contributed by atoms with Crippen molar-refractivity contribution in [3.05, 3.63) is 53.7 Å². The standard InChI is InChI=1S/C14H11NO2/c16-12-8-7-11-10(12)4-3-5-13(11)17-14-6-1-2-9-15-14/h1-6,9H,7-8H2. The molecule has 84 valence electrons. The molecule has 1 aromatic heterocycles. The molecule has 0 unspecified atom stereocenters. The quantitative estimate of drug-likeness (QED) is 0.788. The Kier molecular flexibility index (Phi) is 2.37. The predicted molar refractivity (Wildman–Crippen MR) is 63.4 cm³/mol. The molecule has 3 nitrogen and oxygen atoms in total. The molecule has 1 aliphatic carbocycles. The van der Waals surface area contributed by atoms with Crippen LogP contribution in [0.1, 0.15) is 22.3 Å². The van der Waals surface area contributed by atoms with Crippen molar-refractivity contribution in [1.82, 2.24) is 4.98 Å². The van der Waals surface area contributed by atoms with E-state index >= 15 is 0 Å². The van der Waals surface area contributed by atoms with Gasteiger partial charge in [0.15, 0.2) is 5.78 Å².